The molecule has 0 spiro atoms. The van der Waals surface area contributed by atoms with Gasteiger partial charge in [0.15, 0.2) is 0 Å². The minimum absolute atomic E-state index is 0.205. The van der Waals surface area contributed by atoms with Gasteiger partial charge in [0, 0.05) is 12.2 Å². The van der Waals surface area contributed by atoms with Gasteiger partial charge < -0.3 is 20.6 Å². The number of aliphatic hydroxyl groups excluding tert-OH is 1. The normalized spacial score (nSPS) is 12.3. The molecule has 19 heavy (non-hydrogen) atoms. The Bertz CT molecular complexity index is 388. The zero-order valence-electron chi connectivity index (χ0n) is 11.8. The summed E-state index contributed by atoms with van der Waals surface area (Å²) in [5.74, 6) is 0. The van der Waals surface area contributed by atoms with Gasteiger partial charge in [0.2, 0.25) is 0 Å². The molecule has 0 aliphatic rings. The van der Waals surface area contributed by atoms with E-state index in [0.29, 0.717) is 6.54 Å². The first kappa shape index (κ1) is 15.5. The Morgan fingerprint density at radius 3 is 2.47 bits per heavy atom. The molecule has 0 fully saturated rings. The summed E-state index contributed by atoms with van der Waals surface area (Å²) in [7, 11) is 4.01. The van der Waals surface area contributed by atoms with Crippen LogP contribution in [0, 0.1) is 0 Å². The number of aliphatic hydroxyl groups is 1. The molecule has 5 heteroatoms. The van der Waals surface area contributed by atoms with Gasteiger partial charge in [0.1, 0.15) is 0 Å². The van der Waals surface area contributed by atoms with E-state index in [0.717, 1.165) is 24.2 Å². The van der Waals surface area contributed by atoms with E-state index in [1.54, 1.807) is 31.2 Å². The van der Waals surface area contributed by atoms with E-state index in [-0.39, 0.29) is 6.03 Å². The zero-order valence-corrected chi connectivity index (χ0v) is 11.8. The second-order valence-corrected chi connectivity index (χ2v) is 4.84. The number of urea groups is 1. The second-order valence-electron chi connectivity index (χ2n) is 4.84. The van der Waals surface area contributed by atoms with Crippen LogP contribution in [-0.4, -0.2) is 43.2 Å². The quantitative estimate of drug-likeness (QED) is 0.687. The number of benzene rings is 1. The maximum atomic E-state index is 11.6. The molecular weight excluding hydrogens is 242 g/mol. The number of anilines is 1. The first-order chi connectivity index (χ1) is 8.99. The van der Waals surface area contributed by atoms with E-state index >= 15 is 0 Å². The summed E-state index contributed by atoms with van der Waals surface area (Å²) in [5.41, 5.74) is 1.55. The SMILES string of the molecule is CC(O)c1ccc(NC(=O)NCCCN(C)C)cc1. The first-order valence-electron chi connectivity index (χ1n) is 6.46. The molecule has 106 valence electrons. The van der Waals surface area contributed by atoms with Crippen molar-refractivity contribution >= 4 is 11.7 Å². The van der Waals surface area contributed by atoms with E-state index in [9.17, 15) is 9.90 Å². The van der Waals surface area contributed by atoms with E-state index in [1.165, 1.54) is 0 Å². The van der Waals surface area contributed by atoms with Gasteiger partial charge in [-0.3, -0.25) is 0 Å². The Hall–Kier alpha value is -1.59. The highest BCUT2D eigenvalue weighted by atomic mass is 16.3. The Labute approximate surface area is 114 Å². The van der Waals surface area contributed by atoms with E-state index in [2.05, 4.69) is 15.5 Å². The molecule has 2 amide bonds. The summed E-state index contributed by atoms with van der Waals surface area (Å²) in [6.45, 7) is 3.30. The van der Waals surface area contributed by atoms with Crippen molar-refractivity contribution in [2.24, 2.45) is 0 Å². The lowest BCUT2D eigenvalue weighted by molar-refractivity contribution is 0.199. The molecule has 1 atom stereocenters. The molecule has 0 saturated heterocycles. The Morgan fingerprint density at radius 2 is 1.95 bits per heavy atom. The lowest BCUT2D eigenvalue weighted by atomic mass is 10.1. The van der Waals surface area contributed by atoms with Crippen LogP contribution in [0.1, 0.15) is 25.0 Å². The number of nitrogens with one attached hydrogen (secondary N) is 2. The maximum absolute atomic E-state index is 11.6. The summed E-state index contributed by atoms with van der Waals surface area (Å²) < 4.78 is 0. The summed E-state index contributed by atoms with van der Waals surface area (Å²) in [4.78, 5) is 13.7. The fourth-order valence-corrected chi connectivity index (χ4v) is 1.62. The molecule has 0 aliphatic heterocycles. The van der Waals surface area contributed by atoms with Crippen LogP contribution in [0.2, 0.25) is 0 Å². The monoisotopic (exact) mass is 265 g/mol. The molecule has 1 rings (SSSR count). The van der Waals surface area contributed by atoms with Crippen molar-refractivity contribution in [1.82, 2.24) is 10.2 Å². The van der Waals surface area contributed by atoms with Gasteiger partial charge in [-0.1, -0.05) is 12.1 Å². The molecule has 0 saturated carbocycles. The standard InChI is InChI=1S/C14H23N3O2/c1-11(18)12-5-7-13(8-6-12)16-14(19)15-9-4-10-17(2)3/h5-8,11,18H,4,9-10H2,1-3H3,(H2,15,16,19). The molecule has 0 aromatic heterocycles. The van der Waals surface area contributed by atoms with Crippen molar-refractivity contribution in [3.8, 4) is 0 Å². The van der Waals surface area contributed by atoms with Crippen LogP contribution in [-0.2, 0) is 0 Å². The van der Waals surface area contributed by atoms with Crippen molar-refractivity contribution in [2.75, 3.05) is 32.5 Å². The van der Waals surface area contributed by atoms with Gasteiger partial charge in [0.25, 0.3) is 0 Å². The summed E-state index contributed by atoms with van der Waals surface area (Å²) in [6.07, 6.45) is 0.426. The number of rotatable bonds is 6. The third-order valence-electron chi connectivity index (χ3n) is 2.72. The van der Waals surface area contributed by atoms with Gasteiger partial charge in [-0.25, -0.2) is 4.79 Å². The van der Waals surface area contributed by atoms with Gasteiger partial charge in [-0.15, -0.1) is 0 Å². The van der Waals surface area contributed by atoms with Crippen molar-refractivity contribution in [3.63, 3.8) is 0 Å². The molecule has 1 aromatic rings. The van der Waals surface area contributed by atoms with Gasteiger partial charge in [0.05, 0.1) is 6.10 Å². The first-order valence-corrected chi connectivity index (χ1v) is 6.46. The molecule has 1 unspecified atom stereocenters. The van der Waals surface area contributed by atoms with Crippen LogP contribution in [0.5, 0.6) is 0 Å². The van der Waals surface area contributed by atoms with Gasteiger partial charge >= 0.3 is 6.03 Å². The molecule has 1 aromatic carbocycles. The molecule has 3 N–H and O–H groups in total. The number of nitrogens with zero attached hydrogens (tertiary/aromatic N) is 1. The minimum atomic E-state index is -0.492. The van der Waals surface area contributed by atoms with E-state index in [1.807, 2.05) is 14.1 Å². The highest BCUT2D eigenvalue weighted by molar-refractivity contribution is 5.89. The largest absolute Gasteiger partial charge is 0.389 e. The van der Waals surface area contributed by atoms with Crippen LogP contribution in [0.25, 0.3) is 0 Å². The van der Waals surface area contributed by atoms with Crippen LogP contribution < -0.4 is 10.6 Å². The highest BCUT2D eigenvalue weighted by Crippen LogP contribution is 2.15. The Kier molecular flexibility index (Phi) is 6.32. The van der Waals surface area contributed by atoms with Crippen molar-refractivity contribution < 1.29 is 9.90 Å². The number of carbonyl (C=O) groups excluding carboxylic acids is 1. The molecule has 0 heterocycles. The average molecular weight is 265 g/mol. The second kappa shape index (κ2) is 7.76. The fraction of sp³-hybridized carbons (Fsp3) is 0.500. The molecule has 0 bridgehead atoms. The van der Waals surface area contributed by atoms with Crippen molar-refractivity contribution in [2.45, 2.75) is 19.4 Å². The number of hydrogen-bond acceptors (Lipinski definition) is 3. The third-order valence-corrected chi connectivity index (χ3v) is 2.72. The van der Waals surface area contributed by atoms with Crippen LogP contribution in [0.15, 0.2) is 24.3 Å². The lowest BCUT2D eigenvalue weighted by Gasteiger charge is -2.11. The molecule has 0 radical (unpaired) electrons. The number of amides is 2. The van der Waals surface area contributed by atoms with E-state index < -0.39 is 6.10 Å². The summed E-state index contributed by atoms with van der Waals surface area (Å²) in [5, 5.41) is 14.9. The smallest absolute Gasteiger partial charge is 0.319 e. The van der Waals surface area contributed by atoms with Gasteiger partial charge in [-0.2, -0.15) is 0 Å². The zero-order chi connectivity index (χ0) is 14.3. The summed E-state index contributed by atoms with van der Waals surface area (Å²) in [6, 6.07) is 6.95. The third kappa shape index (κ3) is 6.22. The van der Waals surface area contributed by atoms with Crippen LogP contribution >= 0.6 is 0 Å². The minimum Gasteiger partial charge on any atom is -0.389 e. The Balaban J connectivity index is 2.32. The fourth-order valence-electron chi connectivity index (χ4n) is 1.62. The topological polar surface area (TPSA) is 64.6 Å². The van der Waals surface area contributed by atoms with Crippen molar-refractivity contribution in [1.29, 1.82) is 0 Å². The summed E-state index contributed by atoms with van der Waals surface area (Å²) >= 11 is 0. The molecular formula is C14H23N3O2. The lowest BCUT2D eigenvalue weighted by Crippen LogP contribution is -2.31. The highest BCUT2D eigenvalue weighted by Gasteiger charge is 2.03. The van der Waals surface area contributed by atoms with Crippen LogP contribution in [0.4, 0.5) is 10.5 Å². The predicted octanol–water partition coefficient (Wildman–Crippen LogP) is 1.81. The Morgan fingerprint density at radius 1 is 1.32 bits per heavy atom. The average Bonchev–Trinajstić information content (AvgIpc) is 2.35. The molecule has 5 nitrogen and oxygen atoms in total. The predicted molar refractivity (Wildman–Crippen MR) is 77.3 cm³/mol. The van der Waals surface area contributed by atoms with E-state index in [4.69, 9.17) is 0 Å². The maximum Gasteiger partial charge on any atom is 0.319 e. The molecule has 0 aliphatic carbocycles. The van der Waals surface area contributed by atoms with Crippen LogP contribution in [0.3, 0.4) is 0 Å². The van der Waals surface area contributed by atoms with Crippen molar-refractivity contribution in [3.05, 3.63) is 29.8 Å². The number of carbonyl (C=O) groups is 1. The number of hydrogen-bond donors (Lipinski definition) is 3. The van der Waals surface area contributed by atoms with Gasteiger partial charge in [-0.05, 0) is 51.7 Å².